The molecule has 0 bridgehead atoms. The zero-order valence-electron chi connectivity index (χ0n) is 21.4. The fourth-order valence-electron chi connectivity index (χ4n) is 7.49. The van der Waals surface area contributed by atoms with Crippen molar-refractivity contribution in [2.24, 2.45) is 29.6 Å². The van der Waals surface area contributed by atoms with Gasteiger partial charge in [-0.1, -0.05) is 57.6 Å². The molecule has 0 radical (unpaired) electrons. The molecule has 0 N–H and O–H groups in total. The van der Waals surface area contributed by atoms with Crippen molar-refractivity contribution in [3.8, 4) is 5.75 Å². The maximum Gasteiger partial charge on any atom is 0.200 e. The maximum absolute atomic E-state index is 14.9. The van der Waals surface area contributed by atoms with Crippen LogP contribution in [0.2, 0.25) is 0 Å². The second-order valence-electron chi connectivity index (χ2n) is 11.6. The summed E-state index contributed by atoms with van der Waals surface area (Å²) in [5.41, 5.74) is 0.565. The van der Waals surface area contributed by atoms with Gasteiger partial charge in [0.15, 0.2) is 11.6 Å². The molecule has 3 fully saturated rings. The van der Waals surface area contributed by atoms with Crippen molar-refractivity contribution in [3.05, 3.63) is 42.0 Å². The second kappa shape index (κ2) is 12.5. The van der Waals surface area contributed by atoms with Crippen molar-refractivity contribution in [1.82, 2.24) is 0 Å². The zero-order chi connectivity index (χ0) is 23.9. The number of hydrogen-bond donors (Lipinski definition) is 0. The minimum Gasteiger partial charge on any atom is -0.490 e. The Morgan fingerprint density at radius 1 is 0.853 bits per heavy atom. The molecule has 1 nitrogen and oxygen atoms in total. The molecule has 1 aromatic carbocycles. The largest absolute Gasteiger partial charge is 0.490 e. The van der Waals surface area contributed by atoms with E-state index in [4.69, 9.17) is 4.74 Å². The Bertz CT molecular complexity index is 782. The van der Waals surface area contributed by atoms with Gasteiger partial charge in [-0.3, -0.25) is 0 Å². The number of fused-ring (bicyclic) bond motifs is 1. The first-order chi connectivity index (χ1) is 16.6. The highest BCUT2D eigenvalue weighted by atomic mass is 19.2. The standard InChI is InChI=1S/C31H46F2O/c1-3-5-7-8-22-9-11-23(12-10-22)24-13-14-26-21-27(16-15-25(26)20-24)28-17-18-29(31(33)30(28)32)34-19-6-4-2/h4,17-18,22-27H,2-3,5-16,19-21H2,1H3. The molecule has 3 aliphatic rings. The van der Waals surface area contributed by atoms with Crippen LogP contribution < -0.4 is 4.74 Å². The van der Waals surface area contributed by atoms with Crippen LogP contribution in [0.25, 0.3) is 0 Å². The van der Waals surface area contributed by atoms with Gasteiger partial charge in [0.2, 0.25) is 5.82 Å². The number of rotatable bonds is 10. The molecule has 0 spiro atoms. The Kier molecular flexibility index (Phi) is 9.48. The van der Waals surface area contributed by atoms with Crippen LogP contribution in [0.4, 0.5) is 8.78 Å². The highest BCUT2D eigenvalue weighted by Crippen LogP contribution is 2.51. The molecule has 4 atom stereocenters. The minimum absolute atomic E-state index is 0.0254. The highest BCUT2D eigenvalue weighted by molar-refractivity contribution is 5.33. The summed E-state index contributed by atoms with van der Waals surface area (Å²) in [6, 6.07) is 3.40. The van der Waals surface area contributed by atoms with E-state index in [0.717, 1.165) is 36.5 Å². The monoisotopic (exact) mass is 472 g/mol. The van der Waals surface area contributed by atoms with E-state index < -0.39 is 11.6 Å². The highest BCUT2D eigenvalue weighted by Gasteiger charge is 2.39. The second-order valence-corrected chi connectivity index (χ2v) is 11.6. The average molecular weight is 473 g/mol. The van der Waals surface area contributed by atoms with Crippen molar-refractivity contribution in [3.63, 3.8) is 0 Å². The summed E-state index contributed by atoms with van der Waals surface area (Å²) >= 11 is 0. The molecular weight excluding hydrogens is 426 g/mol. The van der Waals surface area contributed by atoms with Gasteiger partial charge in [-0.05, 0) is 105 Å². The van der Waals surface area contributed by atoms with Gasteiger partial charge in [0.1, 0.15) is 0 Å². The third-order valence-electron chi connectivity index (χ3n) is 9.52. The van der Waals surface area contributed by atoms with Gasteiger partial charge < -0.3 is 4.74 Å². The van der Waals surface area contributed by atoms with E-state index in [1.807, 2.05) is 0 Å². The Balaban J connectivity index is 1.27. The van der Waals surface area contributed by atoms with Gasteiger partial charge in [-0.25, -0.2) is 4.39 Å². The Morgan fingerprint density at radius 2 is 1.53 bits per heavy atom. The van der Waals surface area contributed by atoms with Crippen molar-refractivity contribution in [2.75, 3.05) is 6.61 Å². The Morgan fingerprint density at radius 3 is 2.26 bits per heavy atom. The zero-order valence-corrected chi connectivity index (χ0v) is 21.4. The van der Waals surface area contributed by atoms with Gasteiger partial charge in [0, 0.05) is 0 Å². The van der Waals surface area contributed by atoms with E-state index in [-0.39, 0.29) is 11.7 Å². The van der Waals surface area contributed by atoms with Gasteiger partial charge in [-0.2, -0.15) is 4.39 Å². The molecule has 34 heavy (non-hydrogen) atoms. The number of benzene rings is 1. The summed E-state index contributed by atoms with van der Waals surface area (Å²) in [4.78, 5) is 0. The van der Waals surface area contributed by atoms with Gasteiger partial charge >= 0.3 is 0 Å². The number of hydrogen-bond acceptors (Lipinski definition) is 1. The molecule has 3 heteroatoms. The summed E-state index contributed by atoms with van der Waals surface area (Å²) < 4.78 is 35.0. The lowest BCUT2D eigenvalue weighted by atomic mass is 9.60. The predicted octanol–water partition coefficient (Wildman–Crippen LogP) is 9.61. The Hall–Kier alpha value is -1.38. The SMILES string of the molecule is C=CCCOc1ccc(C2CCC3CC(C4CCC(CCCCC)CC4)CCC3C2)c(F)c1F. The van der Waals surface area contributed by atoms with Gasteiger partial charge in [0.25, 0.3) is 0 Å². The normalized spacial score (nSPS) is 31.6. The molecule has 0 aromatic heterocycles. The summed E-state index contributed by atoms with van der Waals surface area (Å²) in [7, 11) is 0. The number of halogens is 2. The fourth-order valence-corrected chi connectivity index (χ4v) is 7.49. The summed E-state index contributed by atoms with van der Waals surface area (Å²) in [5.74, 6) is 2.99. The van der Waals surface area contributed by atoms with E-state index in [2.05, 4.69) is 13.5 Å². The molecule has 0 saturated heterocycles. The van der Waals surface area contributed by atoms with Crippen LogP contribution in [0, 0.1) is 41.2 Å². The fraction of sp³-hybridized carbons (Fsp3) is 0.742. The van der Waals surface area contributed by atoms with Crippen molar-refractivity contribution in [2.45, 2.75) is 109 Å². The van der Waals surface area contributed by atoms with Gasteiger partial charge in [0.05, 0.1) is 6.61 Å². The van der Waals surface area contributed by atoms with E-state index >= 15 is 0 Å². The third-order valence-corrected chi connectivity index (χ3v) is 9.52. The van der Waals surface area contributed by atoms with Crippen LogP contribution in [0.1, 0.15) is 115 Å². The van der Waals surface area contributed by atoms with Crippen LogP contribution >= 0.6 is 0 Å². The molecule has 0 aliphatic heterocycles. The first-order valence-electron chi connectivity index (χ1n) is 14.3. The maximum atomic E-state index is 14.9. The topological polar surface area (TPSA) is 9.23 Å². The van der Waals surface area contributed by atoms with Crippen LogP contribution in [0.5, 0.6) is 5.75 Å². The summed E-state index contributed by atoms with van der Waals surface area (Å²) in [6.45, 7) is 6.26. The van der Waals surface area contributed by atoms with Crippen molar-refractivity contribution >= 4 is 0 Å². The lowest BCUT2D eigenvalue weighted by Crippen LogP contribution is -2.34. The number of unbranched alkanes of at least 4 members (excludes halogenated alkanes) is 2. The molecule has 3 saturated carbocycles. The van der Waals surface area contributed by atoms with E-state index in [1.165, 1.54) is 77.0 Å². The van der Waals surface area contributed by atoms with Crippen molar-refractivity contribution < 1.29 is 13.5 Å². The van der Waals surface area contributed by atoms with Crippen molar-refractivity contribution in [1.29, 1.82) is 0 Å². The molecule has 3 aliphatic carbocycles. The summed E-state index contributed by atoms with van der Waals surface area (Å²) in [6.07, 6.45) is 21.0. The Labute approximate surface area is 206 Å². The predicted molar refractivity (Wildman–Crippen MR) is 137 cm³/mol. The average Bonchev–Trinajstić information content (AvgIpc) is 2.87. The lowest BCUT2D eigenvalue weighted by Gasteiger charge is -2.45. The van der Waals surface area contributed by atoms with Crippen LogP contribution in [0.15, 0.2) is 24.8 Å². The summed E-state index contributed by atoms with van der Waals surface area (Å²) in [5, 5.41) is 0. The molecule has 4 unspecified atom stereocenters. The minimum atomic E-state index is -0.822. The molecule has 0 heterocycles. The molecular formula is C31H46F2O. The quantitative estimate of drug-likeness (QED) is 0.243. The first-order valence-corrected chi connectivity index (χ1v) is 14.3. The molecule has 1 aromatic rings. The number of ether oxygens (including phenoxy) is 1. The van der Waals surface area contributed by atoms with Crippen LogP contribution in [-0.4, -0.2) is 6.61 Å². The molecule has 4 rings (SSSR count). The lowest BCUT2D eigenvalue weighted by molar-refractivity contribution is 0.0705. The van der Waals surface area contributed by atoms with Gasteiger partial charge in [-0.15, -0.1) is 6.58 Å². The van der Waals surface area contributed by atoms with Crippen LogP contribution in [0.3, 0.4) is 0 Å². The third kappa shape index (κ3) is 6.24. The molecule has 0 amide bonds. The van der Waals surface area contributed by atoms with E-state index in [1.54, 1.807) is 18.2 Å². The smallest absolute Gasteiger partial charge is 0.200 e. The first kappa shape index (κ1) is 25.7. The molecule has 190 valence electrons. The van der Waals surface area contributed by atoms with E-state index in [9.17, 15) is 8.78 Å². The van der Waals surface area contributed by atoms with Crippen LogP contribution in [-0.2, 0) is 0 Å². The van der Waals surface area contributed by atoms with E-state index in [0.29, 0.717) is 24.5 Å².